The number of carbonyl (C=O) groups is 1. The highest BCUT2D eigenvalue weighted by Crippen LogP contribution is 2.15. The molecule has 92 valence electrons. The van der Waals surface area contributed by atoms with E-state index in [-0.39, 0.29) is 11.5 Å². The second-order valence-corrected chi connectivity index (χ2v) is 5.03. The number of rotatable bonds is 5. The van der Waals surface area contributed by atoms with Crippen LogP contribution in [0.15, 0.2) is 30.3 Å². The SMILES string of the molecule is CCS(=O)(=O)Oc1ccc(C=CC(=O)O)cc1. The predicted octanol–water partition coefficient (Wildman–Crippen LogP) is 1.51. The zero-order valence-corrected chi connectivity index (χ0v) is 9.98. The van der Waals surface area contributed by atoms with Crippen LogP contribution in [0.1, 0.15) is 12.5 Å². The van der Waals surface area contributed by atoms with Crippen molar-refractivity contribution in [3.05, 3.63) is 35.9 Å². The summed E-state index contributed by atoms with van der Waals surface area (Å²) in [5, 5.41) is 8.42. The van der Waals surface area contributed by atoms with Gasteiger partial charge >= 0.3 is 16.1 Å². The molecule has 0 unspecified atom stereocenters. The number of hydrogen-bond acceptors (Lipinski definition) is 4. The van der Waals surface area contributed by atoms with Gasteiger partial charge in [0, 0.05) is 6.08 Å². The van der Waals surface area contributed by atoms with Crippen LogP contribution in [0.2, 0.25) is 0 Å². The topological polar surface area (TPSA) is 80.7 Å². The van der Waals surface area contributed by atoms with Crippen LogP contribution in [0.4, 0.5) is 0 Å². The van der Waals surface area contributed by atoms with Gasteiger partial charge in [0.1, 0.15) is 5.75 Å². The lowest BCUT2D eigenvalue weighted by Crippen LogP contribution is -2.11. The summed E-state index contributed by atoms with van der Waals surface area (Å²) in [6, 6.07) is 6.07. The molecule has 0 aliphatic carbocycles. The maximum atomic E-state index is 11.2. The molecule has 0 heterocycles. The average molecular weight is 256 g/mol. The second-order valence-electron chi connectivity index (χ2n) is 3.17. The molecule has 1 N–H and O–H groups in total. The number of hydrogen-bond donors (Lipinski definition) is 1. The van der Waals surface area contributed by atoms with Crippen molar-refractivity contribution >= 4 is 22.2 Å². The van der Waals surface area contributed by atoms with Crippen LogP contribution in [0, 0.1) is 0 Å². The van der Waals surface area contributed by atoms with Gasteiger partial charge in [0.05, 0.1) is 5.75 Å². The molecule has 0 fully saturated rings. The fourth-order valence-electron chi connectivity index (χ4n) is 1.01. The normalized spacial score (nSPS) is 11.6. The van der Waals surface area contributed by atoms with Gasteiger partial charge in [-0.1, -0.05) is 12.1 Å². The van der Waals surface area contributed by atoms with Crippen LogP contribution in [-0.2, 0) is 14.9 Å². The molecule has 0 amide bonds. The van der Waals surface area contributed by atoms with Gasteiger partial charge in [-0.25, -0.2) is 4.79 Å². The Morgan fingerprint density at radius 1 is 1.35 bits per heavy atom. The molecular weight excluding hydrogens is 244 g/mol. The van der Waals surface area contributed by atoms with E-state index >= 15 is 0 Å². The Balaban J connectivity index is 2.78. The summed E-state index contributed by atoms with van der Waals surface area (Å²) in [7, 11) is -3.52. The van der Waals surface area contributed by atoms with Crippen molar-refractivity contribution in [3.8, 4) is 5.75 Å². The fraction of sp³-hybridized carbons (Fsp3) is 0.182. The first-order chi connectivity index (χ1) is 7.93. The molecule has 0 bridgehead atoms. The second kappa shape index (κ2) is 5.49. The van der Waals surface area contributed by atoms with E-state index in [1.54, 1.807) is 12.1 Å². The molecule has 0 aliphatic heterocycles. The summed E-state index contributed by atoms with van der Waals surface area (Å²) in [6.45, 7) is 1.49. The maximum absolute atomic E-state index is 11.2. The van der Waals surface area contributed by atoms with Crippen molar-refractivity contribution in [2.45, 2.75) is 6.92 Å². The average Bonchev–Trinajstić information content (AvgIpc) is 2.28. The van der Waals surface area contributed by atoms with Crippen LogP contribution in [0.25, 0.3) is 6.08 Å². The third kappa shape index (κ3) is 4.69. The lowest BCUT2D eigenvalue weighted by Gasteiger charge is -2.04. The summed E-state index contributed by atoms with van der Waals surface area (Å²) in [5.74, 6) is -0.938. The maximum Gasteiger partial charge on any atom is 0.328 e. The van der Waals surface area contributed by atoms with Gasteiger partial charge in [0.2, 0.25) is 0 Å². The highest BCUT2D eigenvalue weighted by Gasteiger charge is 2.08. The van der Waals surface area contributed by atoms with E-state index in [1.807, 2.05) is 0 Å². The Morgan fingerprint density at radius 2 is 1.94 bits per heavy atom. The first kappa shape index (κ1) is 13.2. The molecular formula is C11H12O5S. The first-order valence-electron chi connectivity index (χ1n) is 4.86. The lowest BCUT2D eigenvalue weighted by molar-refractivity contribution is -0.131. The van der Waals surface area contributed by atoms with E-state index in [2.05, 4.69) is 0 Å². The minimum Gasteiger partial charge on any atom is -0.478 e. The van der Waals surface area contributed by atoms with Crippen molar-refractivity contribution in [2.75, 3.05) is 5.75 Å². The van der Waals surface area contributed by atoms with E-state index in [0.717, 1.165) is 6.08 Å². The Hall–Kier alpha value is -1.82. The highest BCUT2D eigenvalue weighted by atomic mass is 32.2. The van der Waals surface area contributed by atoms with E-state index in [0.29, 0.717) is 5.56 Å². The van der Waals surface area contributed by atoms with Gasteiger partial charge in [-0.05, 0) is 30.7 Å². The van der Waals surface area contributed by atoms with Gasteiger partial charge < -0.3 is 9.29 Å². The molecule has 0 atom stereocenters. The summed E-state index contributed by atoms with van der Waals surface area (Å²) in [4.78, 5) is 10.3. The third-order valence-electron chi connectivity index (χ3n) is 1.88. The molecule has 17 heavy (non-hydrogen) atoms. The number of carboxylic acid groups (broad SMARTS) is 1. The van der Waals surface area contributed by atoms with Gasteiger partial charge in [-0.15, -0.1) is 0 Å². The Morgan fingerprint density at radius 3 is 2.41 bits per heavy atom. The molecule has 1 rings (SSSR count). The molecule has 0 aliphatic rings. The number of benzene rings is 1. The van der Waals surface area contributed by atoms with Crippen molar-refractivity contribution in [2.24, 2.45) is 0 Å². The Labute approximate surface area is 99.5 Å². The fourth-order valence-corrected chi connectivity index (χ4v) is 1.53. The minimum atomic E-state index is -3.52. The van der Waals surface area contributed by atoms with E-state index in [9.17, 15) is 13.2 Å². The monoisotopic (exact) mass is 256 g/mol. The van der Waals surface area contributed by atoms with Gasteiger partial charge in [0.15, 0.2) is 0 Å². The standard InChI is InChI=1S/C11H12O5S/c1-2-17(14,15)16-10-6-3-9(4-7-10)5-8-11(12)13/h3-8H,2H2,1H3,(H,12,13). The zero-order valence-electron chi connectivity index (χ0n) is 9.16. The van der Waals surface area contributed by atoms with Crippen molar-refractivity contribution in [1.29, 1.82) is 0 Å². The molecule has 1 aromatic carbocycles. The lowest BCUT2D eigenvalue weighted by atomic mass is 10.2. The van der Waals surface area contributed by atoms with Crippen LogP contribution in [0.5, 0.6) is 5.75 Å². The van der Waals surface area contributed by atoms with Crippen molar-refractivity contribution in [3.63, 3.8) is 0 Å². The summed E-state index contributed by atoms with van der Waals surface area (Å²) < 4.78 is 27.1. The Kier molecular flexibility index (Phi) is 4.28. The van der Waals surface area contributed by atoms with Crippen molar-refractivity contribution in [1.82, 2.24) is 0 Å². The molecule has 5 nitrogen and oxygen atoms in total. The predicted molar refractivity (Wildman–Crippen MR) is 63.2 cm³/mol. The molecule has 0 saturated heterocycles. The van der Waals surface area contributed by atoms with Crippen LogP contribution in [-0.4, -0.2) is 25.2 Å². The number of carboxylic acids is 1. The first-order valence-corrected chi connectivity index (χ1v) is 6.44. The molecule has 6 heteroatoms. The number of aliphatic carboxylic acids is 1. The molecule has 1 aromatic rings. The highest BCUT2D eigenvalue weighted by molar-refractivity contribution is 7.87. The molecule has 0 saturated carbocycles. The minimum absolute atomic E-state index is 0.104. The van der Waals surface area contributed by atoms with Gasteiger partial charge in [-0.2, -0.15) is 8.42 Å². The van der Waals surface area contributed by atoms with E-state index in [1.165, 1.54) is 25.1 Å². The molecule has 0 spiro atoms. The van der Waals surface area contributed by atoms with Crippen LogP contribution >= 0.6 is 0 Å². The summed E-state index contributed by atoms with van der Waals surface area (Å²) in [6.07, 6.45) is 2.40. The largest absolute Gasteiger partial charge is 0.478 e. The quantitative estimate of drug-likeness (QED) is 0.638. The van der Waals surface area contributed by atoms with Crippen molar-refractivity contribution < 1.29 is 22.5 Å². The van der Waals surface area contributed by atoms with E-state index < -0.39 is 16.1 Å². The van der Waals surface area contributed by atoms with E-state index in [4.69, 9.17) is 9.29 Å². The van der Waals surface area contributed by atoms with Gasteiger partial charge in [-0.3, -0.25) is 0 Å². The van der Waals surface area contributed by atoms with Crippen LogP contribution < -0.4 is 4.18 Å². The zero-order chi connectivity index (χ0) is 12.9. The smallest absolute Gasteiger partial charge is 0.328 e. The third-order valence-corrected chi connectivity index (χ3v) is 3.03. The molecule has 0 aromatic heterocycles. The Bertz CT molecular complexity index is 513. The van der Waals surface area contributed by atoms with Crippen LogP contribution in [0.3, 0.4) is 0 Å². The molecule has 0 radical (unpaired) electrons. The summed E-state index contributed by atoms with van der Waals surface area (Å²) in [5.41, 5.74) is 0.647. The van der Waals surface area contributed by atoms with Gasteiger partial charge in [0.25, 0.3) is 0 Å². The summed E-state index contributed by atoms with van der Waals surface area (Å²) >= 11 is 0.